The molecular formula is C23H26N4O3. The summed E-state index contributed by atoms with van der Waals surface area (Å²) in [6.07, 6.45) is 0.408. The second-order valence-electron chi connectivity index (χ2n) is 8.39. The van der Waals surface area contributed by atoms with Crippen molar-refractivity contribution in [2.24, 2.45) is 0 Å². The van der Waals surface area contributed by atoms with E-state index < -0.39 is 11.8 Å². The van der Waals surface area contributed by atoms with Crippen molar-refractivity contribution in [3.63, 3.8) is 0 Å². The fourth-order valence-electron chi connectivity index (χ4n) is 4.26. The van der Waals surface area contributed by atoms with Gasteiger partial charge in [0.25, 0.3) is 5.91 Å². The molecule has 1 aliphatic heterocycles. The highest BCUT2D eigenvalue weighted by Gasteiger charge is 2.50. The van der Waals surface area contributed by atoms with Gasteiger partial charge in [0, 0.05) is 37.1 Å². The van der Waals surface area contributed by atoms with Crippen molar-refractivity contribution in [1.82, 2.24) is 20.0 Å². The molecule has 5 rings (SSSR count). The van der Waals surface area contributed by atoms with Gasteiger partial charge in [-0.1, -0.05) is 42.5 Å². The average molecular weight is 406 g/mol. The van der Waals surface area contributed by atoms with Crippen LogP contribution in [0.15, 0.2) is 42.5 Å². The Balaban J connectivity index is 1.28. The number of aliphatic hydroxyl groups excluding tert-OH is 1. The fourth-order valence-corrected chi connectivity index (χ4v) is 4.26. The fraction of sp³-hybridized carbons (Fsp3) is 0.391. The molecule has 1 saturated heterocycles. The van der Waals surface area contributed by atoms with Gasteiger partial charge < -0.3 is 15.1 Å². The van der Waals surface area contributed by atoms with E-state index in [-0.39, 0.29) is 5.91 Å². The molecule has 2 heterocycles. The quantitative estimate of drug-likeness (QED) is 0.618. The number of fused-ring (bicyclic) bond motifs is 1. The minimum absolute atomic E-state index is 0.163. The first-order valence-electron chi connectivity index (χ1n) is 10.4. The van der Waals surface area contributed by atoms with Crippen LogP contribution in [-0.4, -0.2) is 67.9 Å². The number of aromatic nitrogens is 2. The molecule has 0 bridgehead atoms. The number of piperazine rings is 1. The number of rotatable bonds is 4. The van der Waals surface area contributed by atoms with Crippen molar-refractivity contribution in [3.05, 3.63) is 53.7 Å². The number of hydrogen-bond donors (Lipinski definition) is 3. The maximum atomic E-state index is 12.3. The summed E-state index contributed by atoms with van der Waals surface area (Å²) in [5.74, 6) is -0.163. The third-order valence-corrected chi connectivity index (χ3v) is 6.38. The van der Waals surface area contributed by atoms with Crippen molar-refractivity contribution in [2.75, 3.05) is 26.2 Å². The molecule has 1 unspecified atom stereocenters. The summed E-state index contributed by atoms with van der Waals surface area (Å²) in [7, 11) is 0. The Morgan fingerprint density at radius 3 is 2.47 bits per heavy atom. The Kier molecular flexibility index (Phi) is 4.61. The third kappa shape index (κ3) is 3.29. The lowest BCUT2D eigenvalue weighted by atomic mass is 10.0. The van der Waals surface area contributed by atoms with Gasteiger partial charge in [0.2, 0.25) is 0 Å². The third-order valence-electron chi connectivity index (χ3n) is 6.38. The smallest absolute Gasteiger partial charge is 0.254 e. The van der Waals surface area contributed by atoms with Crippen molar-refractivity contribution in [1.29, 1.82) is 0 Å². The van der Waals surface area contributed by atoms with E-state index in [1.54, 1.807) is 4.90 Å². The summed E-state index contributed by atoms with van der Waals surface area (Å²) in [4.78, 5) is 16.0. The van der Waals surface area contributed by atoms with E-state index in [1.807, 2.05) is 42.2 Å². The average Bonchev–Trinajstić information content (AvgIpc) is 3.43. The predicted octanol–water partition coefficient (Wildman–Crippen LogP) is 2.20. The highest BCUT2D eigenvalue weighted by Crippen LogP contribution is 2.37. The Morgan fingerprint density at radius 1 is 1.10 bits per heavy atom. The molecule has 1 amide bonds. The number of carbonyl (C=O) groups excluding carboxylic acids is 1. The molecule has 1 saturated carbocycles. The molecule has 1 aromatic heterocycles. The Hall–Kier alpha value is -2.74. The Labute approximate surface area is 174 Å². The summed E-state index contributed by atoms with van der Waals surface area (Å²) in [5, 5.41) is 29.4. The lowest BCUT2D eigenvalue weighted by molar-refractivity contribution is -0.146. The summed E-state index contributed by atoms with van der Waals surface area (Å²) >= 11 is 0. The van der Waals surface area contributed by atoms with E-state index in [1.165, 1.54) is 0 Å². The van der Waals surface area contributed by atoms with Crippen LogP contribution in [0, 0.1) is 6.92 Å². The van der Waals surface area contributed by atoms with E-state index >= 15 is 0 Å². The number of para-hydroxylation sites is 1. The van der Waals surface area contributed by atoms with Gasteiger partial charge in [-0.25, -0.2) is 0 Å². The van der Waals surface area contributed by atoms with Gasteiger partial charge in [0.05, 0.1) is 11.2 Å². The highest BCUT2D eigenvalue weighted by molar-refractivity contribution is 5.94. The second-order valence-corrected chi connectivity index (χ2v) is 8.39. The first kappa shape index (κ1) is 19.2. The highest BCUT2D eigenvalue weighted by atomic mass is 16.3. The predicted molar refractivity (Wildman–Crippen MR) is 114 cm³/mol. The molecule has 1 aliphatic carbocycles. The number of aliphatic hydroxyl groups is 2. The van der Waals surface area contributed by atoms with Crippen LogP contribution in [-0.2, 0) is 4.79 Å². The molecule has 3 N–H and O–H groups in total. The van der Waals surface area contributed by atoms with Gasteiger partial charge in [0.1, 0.15) is 11.8 Å². The van der Waals surface area contributed by atoms with Crippen LogP contribution in [0.25, 0.3) is 22.0 Å². The minimum atomic E-state index is -1.12. The van der Waals surface area contributed by atoms with Gasteiger partial charge >= 0.3 is 0 Å². The second kappa shape index (κ2) is 7.19. The molecule has 1 atom stereocenters. The minimum Gasteiger partial charge on any atom is -0.380 e. The molecule has 2 fully saturated rings. The Morgan fingerprint density at radius 2 is 1.80 bits per heavy atom. The number of nitrogens with one attached hydrogen (secondary N) is 1. The first-order valence-corrected chi connectivity index (χ1v) is 10.4. The van der Waals surface area contributed by atoms with Gasteiger partial charge in [-0.05, 0) is 30.9 Å². The topological polar surface area (TPSA) is 92.7 Å². The van der Waals surface area contributed by atoms with Crippen LogP contribution in [0.2, 0.25) is 0 Å². The van der Waals surface area contributed by atoms with E-state index in [0.29, 0.717) is 39.0 Å². The van der Waals surface area contributed by atoms with Gasteiger partial charge in [-0.2, -0.15) is 5.10 Å². The molecule has 0 radical (unpaired) electrons. The van der Waals surface area contributed by atoms with Gasteiger partial charge in [-0.3, -0.25) is 14.8 Å². The van der Waals surface area contributed by atoms with E-state index in [9.17, 15) is 15.0 Å². The van der Waals surface area contributed by atoms with Crippen molar-refractivity contribution >= 4 is 16.8 Å². The molecular weight excluding hydrogens is 380 g/mol. The molecule has 7 nitrogen and oxygen atoms in total. The summed E-state index contributed by atoms with van der Waals surface area (Å²) in [6, 6.07) is 14.1. The first-order chi connectivity index (χ1) is 14.5. The maximum absolute atomic E-state index is 12.3. The monoisotopic (exact) mass is 406 g/mol. The number of carbonyl (C=O) groups is 1. The van der Waals surface area contributed by atoms with Gasteiger partial charge in [-0.15, -0.1) is 0 Å². The molecule has 3 aromatic rings. The number of H-pyrrole nitrogens is 1. The Bertz CT molecular complexity index is 1080. The number of aryl methyl sites for hydroxylation is 1. The number of aromatic amines is 1. The summed E-state index contributed by atoms with van der Waals surface area (Å²) in [5.41, 5.74) is 3.85. The van der Waals surface area contributed by atoms with Crippen LogP contribution in [0.1, 0.15) is 30.3 Å². The van der Waals surface area contributed by atoms with Crippen LogP contribution in [0.3, 0.4) is 0 Å². The number of hydrogen-bond acceptors (Lipinski definition) is 5. The molecule has 156 valence electrons. The zero-order valence-corrected chi connectivity index (χ0v) is 17.0. The van der Waals surface area contributed by atoms with Crippen LogP contribution >= 0.6 is 0 Å². The van der Waals surface area contributed by atoms with Crippen molar-refractivity contribution in [2.45, 2.75) is 31.6 Å². The van der Waals surface area contributed by atoms with Crippen molar-refractivity contribution in [3.8, 4) is 11.1 Å². The lowest BCUT2D eigenvalue weighted by Gasteiger charge is -2.38. The maximum Gasteiger partial charge on any atom is 0.254 e. The SMILES string of the molecule is Cc1n[nH]c2c(-c3ccc(C(O)N4CCN(C(=O)C5(O)CC5)CC4)cc3)cccc12. The normalized spacial score (nSPS) is 19.8. The number of amides is 1. The summed E-state index contributed by atoms with van der Waals surface area (Å²) < 4.78 is 0. The zero-order valence-electron chi connectivity index (χ0n) is 17.0. The number of nitrogens with zero attached hydrogens (tertiary/aromatic N) is 3. The van der Waals surface area contributed by atoms with E-state index in [4.69, 9.17) is 0 Å². The zero-order chi connectivity index (χ0) is 20.9. The lowest BCUT2D eigenvalue weighted by Crippen LogP contribution is -2.52. The molecule has 2 aromatic carbocycles. The van der Waals surface area contributed by atoms with Crippen LogP contribution in [0.5, 0.6) is 0 Å². The molecule has 0 spiro atoms. The van der Waals surface area contributed by atoms with Crippen molar-refractivity contribution < 1.29 is 15.0 Å². The van der Waals surface area contributed by atoms with Crippen LogP contribution in [0.4, 0.5) is 0 Å². The molecule has 7 heteroatoms. The largest absolute Gasteiger partial charge is 0.380 e. The summed E-state index contributed by atoms with van der Waals surface area (Å²) in [6.45, 7) is 4.20. The standard InChI is InChI=1S/C23H26N4O3/c1-15-18-3-2-4-19(20(18)25-24-15)16-5-7-17(8-6-16)21(28)26-11-13-27(14-12-26)22(29)23(30)9-10-23/h2-8,21,28,30H,9-14H2,1H3,(H,24,25). The number of benzene rings is 2. The molecule has 30 heavy (non-hydrogen) atoms. The molecule has 2 aliphatic rings. The van der Waals surface area contributed by atoms with Gasteiger partial charge in [0.15, 0.2) is 0 Å². The van der Waals surface area contributed by atoms with E-state index in [0.717, 1.165) is 33.3 Å². The van der Waals surface area contributed by atoms with E-state index in [2.05, 4.69) is 22.3 Å². The van der Waals surface area contributed by atoms with Crippen LogP contribution < -0.4 is 0 Å².